The molecule has 1 heteroatoms. The zero-order chi connectivity index (χ0) is 10.9. The normalized spacial score (nSPS) is 27.4. The van der Waals surface area contributed by atoms with Gasteiger partial charge < -0.3 is 5.32 Å². The third-order valence-corrected chi connectivity index (χ3v) is 4.44. The lowest BCUT2D eigenvalue weighted by Crippen LogP contribution is -2.45. The summed E-state index contributed by atoms with van der Waals surface area (Å²) in [5.41, 5.74) is 1.26. The molecule has 0 aromatic carbocycles. The van der Waals surface area contributed by atoms with Crippen LogP contribution in [-0.2, 0) is 0 Å². The molecule has 1 nitrogen and oxygen atoms in total. The average molecular weight is 209 g/mol. The Kier molecular flexibility index (Phi) is 3.12. The molecule has 2 aliphatic rings. The van der Waals surface area contributed by atoms with Crippen LogP contribution in [0.5, 0.6) is 0 Å². The highest BCUT2D eigenvalue weighted by molar-refractivity contribution is 4.97. The van der Waals surface area contributed by atoms with Crippen LogP contribution in [0.2, 0.25) is 0 Å². The van der Waals surface area contributed by atoms with Gasteiger partial charge in [-0.2, -0.15) is 0 Å². The van der Waals surface area contributed by atoms with Gasteiger partial charge in [0.1, 0.15) is 0 Å². The van der Waals surface area contributed by atoms with Crippen molar-refractivity contribution in [2.45, 2.75) is 59.3 Å². The van der Waals surface area contributed by atoms with E-state index in [1.54, 1.807) is 0 Å². The van der Waals surface area contributed by atoms with E-state index in [1.807, 2.05) is 0 Å². The third kappa shape index (κ3) is 2.55. The van der Waals surface area contributed by atoms with E-state index in [2.05, 4.69) is 26.1 Å². The van der Waals surface area contributed by atoms with Crippen molar-refractivity contribution in [1.29, 1.82) is 0 Å². The molecule has 1 saturated carbocycles. The number of nitrogens with one attached hydrogen (secondary N) is 1. The van der Waals surface area contributed by atoms with Gasteiger partial charge in [-0.15, -0.1) is 0 Å². The summed E-state index contributed by atoms with van der Waals surface area (Å²) in [6.45, 7) is 9.75. The zero-order valence-electron chi connectivity index (χ0n) is 10.7. The van der Waals surface area contributed by atoms with E-state index >= 15 is 0 Å². The first-order chi connectivity index (χ1) is 7.02. The van der Waals surface area contributed by atoms with Gasteiger partial charge in [-0.25, -0.2) is 0 Å². The molecule has 15 heavy (non-hydrogen) atoms. The first-order valence-electron chi connectivity index (χ1n) is 6.73. The second-order valence-corrected chi connectivity index (χ2v) is 6.98. The Hall–Kier alpha value is -0.0400. The van der Waals surface area contributed by atoms with Crippen LogP contribution in [0, 0.1) is 16.7 Å². The van der Waals surface area contributed by atoms with E-state index in [4.69, 9.17) is 0 Å². The summed E-state index contributed by atoms with van der Waals surface area (Å²) in [5.74, 6) is 1.02. The summed E-state index contributed by atoms with van der Waals surface area (Å²) in [4.78, 5) is 0. The molecule has 2 fully saturated rings. The van der Waals surface area contributed by atoms with Crippen molar-refractivity contribution in [3.63, 3.8) is 0 Å². The van der Waals surface area contributed by atoms with E-state index in [0.29, 0.717) is 5.41 Å². The topological polar surface area (TPSA) is 12.0 Å². The quantitative estimate of drug-likeness (QED) is 0.733. The lowest BCUT2D eigenvalue weighted by Gasteiger charge is -2.52. The number of hydrogen-bond acceptors (Lipinski definition) is 1. The predicted molar refractivity (Wildman–Crippen MR) is 65.9 cm³/mol. The molecular weight excluding hydrogens is 182 g/mol. The molecule has 1 aliphatic carbocycles. The molecule has 0 aromatic heterocycles. The molecule has 0 radical (unpaired) electrons. The maximum atomic E-state index is 3.50. The van der Waals surface area contributed by atoms with Crippen LogP contribution in [0.3, 0.4) is 0 Å². The SMILES string of the molecule is CC(C)(C)CC1(C2CCNCC2)CCC1. The molecule has 0 spiro atoms. The highest BCUT2D eigenvalue weighted by atomic mass is 14.9. The highest BCUT2D eigenvalue weighted by Crippen LogP contribution is 2.55. The lowest BCUT2D eigenvalue weighted by atomic mass is 9.54. The van der Waals surface area contributed by atoms with Crippen molar-refractivity contribution in [3.8, 4) is 0 Å². The third-order valence-electron chi connectivity index (χ3n) is 4.44. The summed E-state index contributed by atoms with van der Waals surface area (Å²) in [6, 6.07) is 0. The summed E-state index contributed by atoms with van der Waals surface area (Å²) in [7, 11) is 0. The molecule has 88 valence electrons. The van der Waals surface area contributed by atoms with E-state index in [0.717, 1.165) is 11.3 Å². The Morgan fingerprint density at radius 1 is 1.13 bits per heavy atom. The van der Waals surface area contributed by atoms with Crippen molar-refractivity contribution >= 4 is 0 Å². The van der Waals surface area contributed by atoms with Gasteiger partial charge in [-0.05, 0) is 61.9 Å². The fourth-order valence-corrected chi connectivity index (χ4v) is 3.85. The summed E-state index contributed by atoms with van der Waals surface area (Å²) in [5, 5.41) is 3.50. The highest BCUT2D eigenvalue weighted by Gasteiger charge is 2.45. The average Bonchev–Trinajstić information content (AvgIpc) is 2.11. The smallest absolute Gasteiger partial charge is 0.00461 e. The van der Waals surface area contributed by atoms with Gasteiger partial charge in [0.25, 0.3) is 0 Å². The lowest BCUT2D eigenvalue weighted by molar-refractivity contribution is -0.0101. The minimum Gasteiger partial charge on any atom is -0.317 e. The van der Waals surface area contributed by atoms with Crippen molar-refractivity contribution in [2.24, 2.45) is 16.7 Å². The van der Waals surface area contributed by atoms with Crippen molar-refractivity contribution in [2.75, 3.05) is 13.1 Å². The van der Waals surface area contributed by atoms with E-state index < -0.39 is 0 Å². The number of piperidine rings is 1. The minimum absolute atomic E-state index is 0.519. The molecule has 0 unspecified atom stereocenters. The van der Waals surface area contributed by atoms with Crippen LogP contribution >= 0.6 is 0 Å². The molecule has 0 aromatic rings. The maximum absolute atomic E-state index is 3.50. The first-order valence-corrected chi connectivity index (χ1v) is 6.73. The Bertz CT molecular complexity index is 204. The van der Waals surface area contributed by atoms with Crippen molar-refractivity contribution in [3.05, 3.63) is 0 Å². The molecule has 0 atom stereocenters. The van der Waals surface area contributed by atoms with Gasteiger partial charge in [-0.1, -0.05) is 27.2 Å². The summed E-state index contributed by atoms with van der Waals surface area (Å²) >= 11 is 0. The predicted octanol–water partition coefficient (Wildman–Crippen LogP) is 3.59. The van der Waals surface area contributed by atoms with Gasteiger partial charge in [0.15, 0.2) is 0 Å². The maximum Gasteiger partial charge on any atom is -0.00461 e. The van der Waals surface area contributed by atoms with Gasteiger partial charge in [0.2, 0.25) is 0 Å². The van der Waals surface area contributed by atoms with Crippen molar-refractivity contribution in [1.82, 2.24) is 5.32 Å². The van der Waals surface area contributed by atoms with Crippen LogP contribution in [-0.4, -0.2) is 13.1 Å². The molecule has 0 amide bonds. The van der Waals surface area contributed by atoms with Crippen LogP contribution in [0.15, 0.2) is 0 Å². The van der Waals surface area contributed by atoms with Gasteiger partial charge >= 0.3 is 0 Å². The van der Waals surface area contributed by atoms with Crippen LogP contribution in [0.4, 0.5) is 0 Å². The number of rotatable bonds is 2. The molecule has 1 aliphatic heterocycles. The summed E-state index contributed by atoms with van der Waals surface area (Å²) < 4.78 is 0. The van der Waals surface area contributed by atoms with E-state index in [9.17, 15) is 0 Å². The molecule has 1 heterocycles. The van der Waals surface area contributed by atoms with Crippen molar-refractivity contribution < 1.29 is 0 Å². The Labute approximate surface area is 95.0 Å². The monoisotopic (exact) mass is 209 g/mol. The molecule has 0 bridgehead atoms. The van der Waals surface area contributed by atoms with E-state index in [1.165, 1.54) is 51.6 Å². The Morgan fingerprint density at radius 2 is 1.73 bits per heavy atom. The zero-order valence-corrected chi connectivity index (χ0v) is 10.7. The Balaban J connectivity index is 2.00. The minimum atomic E-state index is 0.519. The van der Waals surface area contributed by atoms with Crippen LogP contribution < -0.4 is 5.32 Å². The summed E-state index contributed by atoms with van der Waals surface area (Å²) in [6.07, 6.45) is 8.81. The molecular formula is C14H27N. The van der Waals surface area contributed by atoms with Crippen LogP contribution in [0.1, 0.15) is 59.3 Å². The van der Waals surface area contributed by atoms with E-state index in [-0.39, 0.29) is 0 Å². The molecule has 1 saturated heterocycles. The first kappa shape index (κ1) is 11.4. The molecule has 2 rings (SSSR count). The second kappa shape index (κ2) is 4.08. The number of hydrogen-bond donors (Lipinski definition) is 1. The largest absolute Gasteiger partial charge is 0.317 e. The van der Waals surface area contributed by atoms with Gasteiger partial charge in [0.05, 0.1) is 0 Å². The fraction of sp³-hybridized carbons (Fsp3) is 1.00. The second-order valence-electron chi connectivity index (χ2n) is 6.98. The fourth-order valence-electron chi connectivity index (χ4n) is 3.85. The molecule has 1 N–H and O–H groups in total. The standard InChI is InChI=1S/C14H27N/c1-13(2,3)11-14(7-4-8-14)12-5-9-15-10-6-12/h12,15H,4-11H2,1-3H3. The van der Waals surface area contributed by atoms with Crippen LogP contribution in [0.25, 0.3) is 0 Å². The van der Waals surface area contributed by atoms with Gasteiger partial charge in [0, 0.05) is 0 Å². The Morgan fingerprint density at radius 3 is 2.13 bits per heavy atom. The van der Waals surface area contributed by atoms with Gasteiger partial charge in [-0.3, -0.25) is 0 Å².